The lowest BCUT2D eigenvalue weighted by atomic mass is 10.1. The standard InChI is InChI=1S/C25H13Br2N5O3S/c26-15-9-14-11-17(25(34)35-22(14)18(27)12-15)24(33)28-16-4-1-3-13(10-16)19-6-7-21-29-30-23(32(21)31-19)20-5-2-8-36-20/h1-12H,(H,28,33). The molecule has 176 valence electrons. The Morgan fingerprint density at radius 2 is 1.89 bits per heavy atom. The van der Waals surface area contributed by atoms with Crippen molar-refractivity contribution in [1.29, 1.82) is 0 Å². The molecule has 2 aromatic carbocycles. The second kappa shape index (κ2) is 9.08. The fraction of sp³-hybridized carbons (Fsp3) is 0. The predicted octanol–water partition coefficient (Wildman–Crippen LogP) is 6.40. The van der Waals surface area contributed by atoms with E-state index in [1.807, 2.05) is 35.7 Å². The van der Waals surface area contributed by atoms with Gasteiger partial charge in [0.1, 0.15) is 5.56 Å². The van der Waals surface area contributed by atoms with Gasteiger partial charge in [-0.05, 0) is 69.8 Å². The van der Waals surface area contributed by atoms with Crippen LogP contribution in [0.1, 0.15) is 10.4 Å². The van der Waals surface area contributed by atoms with E-state index in [4.69, 9.17) is 9.52 Å². The molecule has 0 radical (unpaired) electrons. The molecule has 0 saturated heterocycles. The first kappa shape index (κ1) is 22.8. The molecule has 0 aliphatic rings. The fourth-order valence-corrected chi connectivity index (χ4v) is 5.81. The van der Waals surface area contributed by atoms with Crippen LogP contribution in [0.3, 0.4) is 0 Å². The van der Waals surface area contributed by atoms with Crippen LogP contribution in [0.2, 0.25) is 0 Å². The Morgan fingerprint density at radius 1 is 1.00 bits per heavy atom. The normalized spacial score (nSPS) is 11.3. The van der Waals surface area contributed by atoms with Gasteiger partial charge in [-0.25, -0.2) is 4.79 Å². The highest BCUT2D eigenvalue weighted by atomic mass is 79.9. The Balaban J connectivity index is 1.33. The highest BCUT2D eigenvalue weighted by Crippen LogP contribution is 2.29. The molecule has 6 rings (SSSR count). The second-order valence-corrected chi connectivity index (χ2v) is 10.5. The van der Waals surface area contributed by atoms with Gasteiger partial charge in [-0.2, -0.15) is 9.61 Å². The topological polar surface area (TPSA) is 102 Å². The van der Waals surface area contributed by atoms with E-state index in [1.54, 1.807) is 46.2 Å². The van der Waals surface area contributed by atoms with Crippen LogP contribution >= 0.6 is 43.2 Å². The van der Waals surface area contributed by atoms with Crippen molar-refractivity contribution in [3.8, 4) is 22.0 Å². The quantitative estimate of drug-likeness (QED) is 0.228. The summed E-state index contributed by atoms with van der Waals surface area (Å²) in [6.45, 7) is 0. The molecule has 0 fully saturated rings. The van der Waals surface area contributed by atoms with Gasteiger partial charge in [0.05, 0.1) is 15.0 Å². The number of nitrogens with zero attached hydrogens (tertiary/aromatic N) is 4. The maximum Gasteiger partial charge on any atom is 0.349 e. The second-order valence-electron chi connectivity index (χ2n) is 7.78. The summed E-state index contributed by atoms with van der Waals surface area (Å²) in [5, 5.41) is 18.6. The molecular formula is C25H13Br2N5O3S. The average Bonchev–Trinajstić information content (AvgIpc) is 3.54. The minimum Gasteiger partial charge on any atom is -0.421 e. The number of hydrogen-bond donors (Lipinski definition) is 1. The van der Waals surface area contributed by atoms with Gasteiger partial charge in [-0.3, -0.25) is 4.79 Å². The first-order chi connectivity index (χ1) is 17.5. The van der Waals surface area contributed by atoms with E-state index in [2.05, 4.69) is 47.4 Å². The molecule has 8 nitrogen and oxygen atoms in total. The number of fused-ring (bicyclic) bond motifs is 2. The van der Waals surface area contributed by atoms with Crippen LogP contribution in [0.15, 0.2) is 90.3 Å². The van der Waals surface area contributed by atoms with Gasteiger partial charge < -0.3 is 9.73 Å². The van der Waals surface area contributed by atoms with E-state index >= 15 is 0 Å². The summed E-state index contributed by atoms with van der Waals surface area (Å²) in [6.07, 6.45) is 0. The maximum absolute atomic E-state index is 13.0. The molecule has 4 aromatic heterocycles. The molecule has 6 aromatic rings. The molecule has 1 N–H and O–H groups in total. The number of nitrogens with one attached hydrogen (secondary N) is 1. The van der Waals surface area contributed by atoms with Gasteiger partial charge in [-0.15, -0.1) is 21.5 Å². The van der Waals surface area contributed by atoms with E-state index in [9.17, 15) is 9.59 Å². The van der Waals surface area contributed by atoms with E-state index in [0.29, 0.717) is 38.3 Å². The summed E-state index contributed by atoms with van der Waals surface area (Å²) in [7, 11) is 0. The number of halogens is 2. The lowest BCUT2D eigenvalue weighted by molar-refractivity contribution is 0.102. The number of carbonyl (C=O) groups excluding carboxylic acids is 1. The highest BCUT2D eigenvalue weighted by Gasteiger charge is 2.17. The molecule has 0 unspecified atom stereocenters. The molecular weight excluding hydrogens is 610 g/mol. The number of anilines is 1. The molecule has 36 heavy (non-hydrogen) atoms. The average molecular weight is 623 g/mol. The van der Waals surface area contributed by atoms with Crippen LogP contribution in [0.4, 0.5) is 5.69 Å². The Bertz CT molecular complexity index is 1850. The number of benzene rings is 2. The molecule has 4 heterocycles. The third-order valence-electron chi connectivity index (χ3n) is 5.42. The smallest absolute Gasteiger partial charge is 0.349 e. The minimum atomic E-state index is -0.722. The van der Waals surface area contributed by atoms with Crippen molar-refractivity contribution >= 4 is 71.4 Å². The Hall–Kier alpha value is -3.67. The van der Waals surface area contributed by atoms with Gasteiger partial charge in [0.15, 0.2) is 17.1 Å². The van der Waals surface area contributed by atoms with E-state index < -0.39 is 11.5 Å². The summed E-state index contributed by atoms with van der Waals surface area (Å²) in [4.78, 5) is 26.5. The van der Waals surface area contributed by atoms with Crippen LogP contribution in [-0.4, -0.2) is 25.7 Å². The van der Waals surface area contributed by atoms with Crippen molar-refractivity contribution in [3.05, 3.63) is 97.0 Å². The molecule has 11 heteroatoms. The zero-order chi connectivity index (χ0) is 24.8. The SMILES string of the molecule is O=C(Nc1cccc(-c2ccc3nnc(-c4cccs4)n3n2)c1)c1cc2cc(Br)cc(Br)c2oc1=O. The number of carbonyl (C=O) groups is 1. The fourth-order valence-electron chi connectivity index (χ4n) is 3.77. The molecule has 0 atom stereocenters. The molecule has 0 aliphatic heterocycles. The lowest BCUT2D eigenvalue weighted by Gasteiger charge is -2.08. The van der Waals surface area contributed by atoms with Crippen LogP contribution in [0, 0.1) is 0 Å². The first-order valence-electron chi connectivity index (χ1n) is 10.6. The van der Waals surface area contributed by atoms with E-state index in [-0.39, 0.29) is 5.56 Å². The van der Waals surface area contributed by atoms with Gasteiger partial charge >= 0.3 is 5.63 Å². The van der Waals surface area contributed by atoms with Crippen molar-refractivity contribution in [2.24, 2.45) is 0 Å². The van der Waals surface area contributed by atoms with Crippen LogP contribution in [0.5, 0.6) is 0 Å². The third-order valence-corrected chi connectivity index (χ3v) is 7.33. The number of rotatable bonds is 4. The van der Waals surface area contributed by atoms with Crippen molar-refractivity contribution in [1.82, 2.24) is 19.8 Å². The zero-order valence-corrected chi connectivity index (χ0v) is 22.1. The number of hydrogen-bond acceptors (Lipinski definition) is 7. The Kier molecular flexibility index (Phi) is 5.75. The Labute approximate surface area is 223 Å². The van der Waals surface area contributed by atoms with Crippen molar-refractivity contribution in [2.75, 3.05) is 5.32 Å². The number of thiophene rings is 1. The summed E-state index contributed by atoms with van der Waals surface area (Å²) < 4.78 is 8.50. The van der Waals surface area contributed by atoms with Gasteiger partial charge in [0.2, 0.25) is 0 Å². The lowest BCUT2D eigenvalue weighted by Crippen LogP contribution is -2.20. The first-order valence-corrected chi connectivity index (χ1v) is 13.0. The monoisotopic (exact) mass is 621 g/mol. The van der Waals surface area contributed by atoms with Crippen molar-refractivity contribution < 1.29 is 9.21 Å². The number of amides is 1. The van der Waals surface area contributed by atoms with Crippen LogP contribution < -0.4 is 10.9 Å². The maximum atomic E-state index is 13.0. The van der Waals surface area contributed by atoms with Gasteiger partial charge in [-0.1, -0.05) is 34.1 Å². The Morgan fingerprint density at radius 3 is 2.72 bits per heavy atom. The molecule has 0 aliphatic carbocycles. The summed E-state index contributed by atoms with van der Waals surface area (Å²) in [5.74, 6) is 0.0914. The summed E-state index contributed by atoms with van der Waals surface area (Å²) >= 11 is 8.35. The van der Waals surface area contributed by atoms with E-state index in [0.717, 1.165) is 14.9 Å². The molecule has 0 saturated carbocycles. The molecule has 0 bridgehead atoms. The molecule has 0 spiro atoms. The summed E-state index contributed by atoms with van der Waals surface area (Å²) in [5.41, 5.74) is 2.15. The van der Waals surface area contributed by atoms with Crippen LogP contribution in [-0.2, 0) is 0 Å². The molecule has 1 amide bonds. The minimum absolute atomic E-state index is 0.0949. The van der Waals surface area contributed by atoms with Crippen molar-refractivity contribution in [2.45, 2.75) is 0 Å². The highest BCUT2D eigenvalue weighted by molar-refractivity contribution is 9.11. The zero-order valence-electron chi connectivity index (χ0n) is 18.1. The number of aromatic nitrogens is 4. The van der Waals surface area contributed by atoms with E-state index in [1.165, 1.54) is 6.07 Å². The van der Waals surface area contributed by atoms with Gasteiger partial charge in [0, 0.05) is 21.1 Å². The predicted molar refractivity (Wildman–Crippen MR) is 145 cm³/mol. The largest absolute Gasteiger partial charge is 0.421 e. The van der Waals surface area contributed by atoms with Gasteiger partial charge in [0.25, 0.3) is 5.91 Å². The van der Waals surface area contributed by atoms with Crippen LogP contribution in [0.25, 0.3) is 38.6 Å². The summed E-state index contributed by atoms with van der Waals surface area (Å²) in [6, 6.07) is 19.9. The third kappa shape index (κ3) is 4.15. The van der Waals surface area contributed by atoms with Crippen molar-refractivity contribution in [3.63, 3.8) is 0 Å².